The number of carbonyl (C=O) groups is 2. The summed E-state index contributed by atoms with van der Waals surface area (Å²) in [6.07, 6.45) is 2.12. The summed E-state index contributed by atoms with van der Waals surface area (Å²) in [5.74, 6) is -0.167. The van der Waals surface area contributed by atoms with E-state index >= 15 is 0 Å². The lowest BCUT2D eigenvalue weighted by Gasteiger charge is -2.34. The largest absolute Gasteiger partial charge is 0.353 e. The number of benzene rings is 1. The molecule has 27 heavy (non-hydrogen) atoms. The number of hydrogen-bond acceptors (Lipinski definition) is 5. The monoisotopic (exact) mass is 386 g/mol. The molecule has 1 aliphatic rings. The van der Waals surface area contributed by atoms with Crippen molar-refractivity contribution in [3.8, 4) is 0 Å². The van der Waals surface area contributed by atoms with Crippen molar-refractivity contribution in [1.82, 2.24) is 20.5 Å². The predicted octanol–water partition coefficient (Wildman–Crippen LogP) is 1.89. The van der Waals surface area contributed by atoms with E-state index < -0.39 is 6.04 Å². The number of nitrogens with one attached hydrogen (secondary N) is 2. The molecule has 7 heteroatoms. The SMILES string of the molecule is Cc1csc(CNC(=O)CC2C(=O)NCCN2CCCc2ccccc2)n1. The molecule has 1 unspecified atom stereocenters. The van der Waals surface area contributed by atoms with Gasteiger partial charge in [0.1, 0.15) is 5.01 Å². The van der Waals surface area contributed by atoms with Gasteiger partial charge in [0, 0.05) is 24.2 Å². The Labute approximate surface area is 164 Å². The van der Waals surface area contributed by atoms with E-state index in [2.05, 4.69) is 32.7 Å². The highest BCUT2D eigenvalue weighted by Gasteiger charge is 2.31. The Morgan fingerprint density at radius 3 is 2.93 bits per heavy atom. The van der Waals surface area contributed by atoms with Crippen LogP contribution in [-0.2, 0) is 22.6 Å². The zero-order valence-electron chi connectivity index (χ0n) is 15.6. The number of thiazole rings is 1. The van der Waals surface area contributed by atoms with Crippen LogP contribution in [0.5, 0.6) is 0 Å². The standard InChI is InChI=1S/C20H26N4O2S/c1-15-14-27-19(23-15)13-22-18(25)12-17-20(26)21-9-11-24(17)10-5-8-16-6-3-2-4-7-16/h2-4,6-7,14,17H,5,8-13H2,1H3,(H,21,26)(H,22,25). The molecular formula is C20H26N4O2S. The minimum atomic E-state index is -0.396. The van der Waals surface area contributed by atoms with Gasteiger partial charge in [-0.05, 0) is 31.9 Å². The Hall–Kier alpha value is -2.25. The molecule has 0 radical (unpaired) electrons. The number of rotatable bonds is 8. The van der Waals surface area contributed by atoms with Gasteiger partial charge in [-0.15, -0.1) is 11.3 Å². The van der Waals surface area contributed by atoms with Gasteiger partial charge in [0.05, 0.1) is 19.0 Å². The molecule has 1 aromatic carbocycles. The molecule has 1 saturated heterocycles. The van der Waals surface area contributed by atoms with E-state index in [0.29, 0.717) is 13.1 Å². The Bertz CT molecular complexity index is 762. The highest BCUT2D eigenvalue weighted by molar-refractivity contribution is 7.09. The maximum atomic E-state index is 12.3. The topological polar surface area (TPSA) is 74.3 Å². The molecule has 0 spiro atoms. The van der Waals surface area contributed by atoms with E-state index in [1.807, 2.05) is 30.5 Å². The van der Waals surface area contributed by atoms with Crippen LogP contribution in [-0.4, -0.2) is 47.4 Å². The molecule has 1 atom stereocenters. The van der Waals surface area contributed by atoms with Crippen molar-refractivity contribution in [2.45, 2.75) is 38.8 Å². The molecule has 3 rings (SSSR count). The van der Waals surface area contributed by atoms with Crippen molar-refractivity contribution in [2.75, 3.05) is 19.6 Å². The number of nitrogens with zero attached hydrogens (tertiary/aromatic N) is 2. The summed E-state index contributed by atoms with van der Waals surface area (Å²) in [6.45, 7) is 4.58. The van der Waals surface area contributed by atoms with Crippen molar-refractivity contribution < 1.29 is 9.59 Å². The van der Waals surface area contributed by atoms with E-state index in [4.69, 9.17) is 0 Å². The lowest BCUT2D eigenvalue weighted by molar-refractivity contribution is -0.134. The molecule has 1 aliphatic heterocycles. The van der Waals surface area contributed by atoms with E-state index in [0.717, 1.165) is 36.6 Å². The van der Waals surface area contributed by atoms with Gasteiger partial charge < -0.3 is 10.6 Å². The van der Waals surface area contributed by atoms with Crippen molar-refractivity contribution >= 4 is 23.2 Å². The van der Waals surface area contributed by atoms with Crippen LogP contribution < -0.4 is 10.6 Å². The second-order valence-corrected chi connectivity index (χ2v) is 7.74. The van der Waals surface area contributed by atoms with Crippen molar-refractivity contribution in [3.05, 3.63) is 52.0 Å². The van der Waals surface area contributed by atoms with Crippen LogP contribution in [0.4, 0.5) is 0 Å². The lowest BCUT2D eigenvalue weighted by Crippen LogP contribution is -2.56. The molecule has 1 fully saturated rings. The lowest BCUT2D eigenvalue weighted by atomic mass is 10.1. The molecule has 2 aromatic rings. The van der Waals surface area contributed by atoms with Crippen LogP contribution >= 0.6 is 11.3 Å². The number of aromatic nitrogens is 1. The Morgan fingerprint density at radius 2 is 2.19 bits per heavy atom. The molecule has 144 valence electrons. The number of hydrogen-bond donors (Lipinski definition) is 2. The minimum absolute atomic E-state index is 0.0544. The number of amides is 2. The average molecular weight is 387 g/mol. The molecule has 0 bridgehead atoms. The first kappa shape index (κ1) is 19.5. The zero-order valence-corrected chi connectivity index (χ0v) is 16.4. The highest BCUT2D eigenvalue weighted by Crippen LogP contribution is 2.12. The molecule has 2 N–H and O–H groups in total. The van der Waals surface area contributed by atoms with Gasteiger partial charge in [0.2, 0.25) is 11.8 Å². The third-order valence-corrected chi connectivity index (χ3v) is 5.64. The van der Waals surface area contributed by atoms with Crippen LogP contribution in [0.2, 0.25) is 0 Å². The summed E-state index contributed by atoms with van der Waals surface area (Å²) in [5, 5.41) is 8.61. The Morgan fingerprint density at radius 1 is 1.37 bits per heavy atom. The third kappa shape index (κ3) is 5.87. The predicted molar refractivity (Wildman–Crippen MR) is 106 cm³/mol. The molecule has 0 aliphatic carbocycles. The third-order valence-electron chi connectivity index (χ3n) is 4.68. The van der Waals surface area contributed by atoms with Gasteiger partial charge in [-0.25, -0.2) is 4.98 Å². The zero-order chi connectivity index (χ0) is 19.1. The van der Waals surface area contributed by atoms with Crippen LogP contribution in [0.15, 0.2) is 35.7 Å². The molecular weight excluding hydrogens is 360 g/mol. The van der Waals surface area contributed by atoms with Gasteiger partial charge in [0.25, 0.3) is 0 Å². The summed E-state index contributed by atoms with van der Waals surface area (Å²) in [7, 11) is 0. The number of aryl methyl sites for hydroxylation is 2. The molecule has 2 amide bonds. The molecule has 6 nitrogen and oxygen atoms in total. The van der Waals surface area contributed by atoms with Gasteiger partial charge in [-0.1, -0.05) is 30.3 Å². The fraction of sp³-hybridized carbons (Fsp3) is 0.450. The van der Waals surface area contributed by atoms with Crippen molar-refractivity contribution in [1.29, 1.82) is 0 Å². The van der Waals surface area contributed by atoms with Gasteiger partial charge in [-0.2, -0.15) is 0 Å². The van der Waals surface area contributed by atoms with Gasteiger partial charge >= 0.3 is 0 Å². The first-order valence-electron chi connectivity index (χ1n) is 9.35. The normalized spacial score (nSPS) is 17.5. The fourth-order valence-electron chi connectivity index (χ4n) is 3.29. The van der Waals surface area contributed by atoms with E-state index in [1.54, 1.807) is 0 Å². The van der Waals surface area contributed by atoms with E-state index in [1.165, 1.54) is 16.9 Å². The van der Waals surface area contributed by atoms with Gasteiger partial charge in [0.15, 0.2) is 0 Å². The maximum absolute atomic E-state index is 12.3. The maximum Gasteiger partial charge on any atom is 0.237 e. The van der Waals surface area contributed by atoms with E-state index in [9.17, 15) is 9.59 Å². The number of piperazine rings is 1. The fourth-order valence-corrected chi connectivity index (χ4v) is 4.00. The summed E-state index contributed by atoms with van der Waals surface area (Å²) in [5.41, 5.74) is 2.26. The van der Waals surface area contributed by atoms with Gasteiger partial charge in [-0.3, -0.25) is 14.5 Å². The molecule has 2 heterocycles. The molecule has 1 aromatic heterocycles. The summed E-state index contributed by atoms with van der Waals surface area (Å²) in [6, 6.07) is 9.94. The van der Waals surface area contributed by atoms with E-state index in [-0.39, 0.29) is 18.2 Å². The van der Waals surface area contributed by atoms with Crippen molar-refractivity contribution in [3.63, 3.8) is 0 Å². The Balaban J connectivity index is 1.49. The smallest absolute Gasteiger partial charge is 0.237 e. The average Bonchev–Trinajstić information content (AvgIpc) is 3.09. The summed E-state index contributed by atoms with van der Waals surface area (Å²) >= 11 is 1.53. The van der Waals surface area contributed by atoms with Crippen molar-refractivity contribution in [2.24, 2.45) is 0 Å². The minimum Gasteiger partial charge on any atom is -0.353 e. The number of carbonyl (C=O) groups excluding carboxylic acids is 2. The summed E-state index contributed by atoms with van der Waals surface area (Å²) < 4.78 is 0. The second kappa shape index (κ2) is 9.62. The van der Waals surface area contributed by atoms with Crippen LogP contribution in [0.3, 0.4) is 0 Å². The molecule has 0 saturated carbocycles. The first-order chi connectivity index (χ1) is 13.1. The van der Waals surface area contributed by atoms with Crippen LogP contribution in [0.1, 0.15) is 29.1 Å². The second-order valence-electron chi connectivity index (χ2n) is 6.80. The first-order valence-corrected chi connectivity index (χ1v) is 10.2. The Kier molecular flexibility index (Phi) is 6.95. The quantitative estimate of drug-likeness (QED) is 0.727. The van der Waals surface area contributed by atoms with Crippen LogP contribution in [0.25, 0.3) is 0 Å². The highest BCUT2D eigenvalue weighted by atomic mass is 32.1. The van der Waals surface area contributed by atoms with Crippen LogP contribution in [0, 0.1) is 6.92 Å². The summed E-state index contributed by atoms with van der Waals surface area (Å²) in [4.78, 5) is 31.1.